The Labute approximate surface area is 191 Å². The molecule has 7 heterocycles. The first-order valence-corrected chi connectivity index (χ1v) is 11.9. The van der Waals surface area contributed by atoms with Crippen LogP contribution in [0.15, 0.2) is 23.5 Å². The normalized spacial score (nSPS) is 56.1. The van der Waals surface area contributed by atoms with Crippen molar-refractivity contribution >= 4 is 23.4 Å². The van der Waals surface area contributed by atoms with E-state index in [1.807, 2.05) is 0 Å². The second-order valence-corrected chi connectivity index (χ2v) is 10.4. The maximum absolute atomic E-state index is 12.7. The molecule has 9 heteroatoms. The molecule has 172 valence electrons. The van der Waals surface area contributed by atoms with Gasteiger partial charge in [-0.1, -0.05) is 26.0 Å². The number of carbonyl (C=O) groups is 1. The van der Waals surface area contributed by atoms with Crippen LogP contribution in [0.2, 0.25) is 0 Å². The lowest BCUT2D eigenvalue weighted by molar-refractivity contribution is -0.369. The van der Waals surface area contributed by atoms with Gasteiger partial charge in [0.2, 0.25) is 0 Å². The summed E-state index contributed by atoms with van der Waals surface area (Å²) in [4.78, 5) is 15.3. The molecule has 0 amide bonds. The number of carbonyl (C=O) groups excluding carboxylic acids is 1. The Morgan fingerprint density at radius 2 is 2.12 bits per heavy atom. The Morgan fingerprint density at radius 1 is 1.31 bits per heavy atom. The van der Waals surface area contributed by atoms with Crippen molar-refractivity contribution in [3.63, 3.8) is 0 Å². The minimum absolute atomic E-state index is 0.0241. The molecule has 6 fully saturated rings. The van der Waals surface area contributed by atoms with E-state index in [1.54, 1.807) is 6.92 Å². The first-order chi connectivity index (χ1) is 15.3. The second-order valence-electron chi connectivity index (χ2n) is 10.1. The summed E-state index contributed by atoms with van der Waals surface area (Å²) in [5, 5.41) is -0.114. The summed E-state index contributed by atoms with van der Waals surface area (Å²) in [5.41, 5.74) is 0.170. The highest BCUT2D eigenvalue weighted by Gasteiger charge is 2.91. The molecule has 5 bridgehead atoms. The lowest BCUT2D eigenvalue weighted by Gasteiger charge is -2.47. The molecule has 10 atom stereocenters. The number of nitrogens with zero attached hydrogens (tertiary/aromatic N) is 1. The number of fused-ring (bicyclic) bond motifs is 2. The van der Waals surface area contributed by atoms with Gasteiger partial charge in [0.1, 0.15) is 0 Å². The Kier molecular flexibility index (Phi) is 3.51. The average Bonchev–Trinajstić information content (AvgIpc) is 3.48. The molecular formula is C23H27NO7S. The number of allylic oxidation sites excluding steroid dienone is 1. The highest BCUT2D eigenvalue weighted by atomic mass is 32.1. The van der Waals surface area contributed by atoms with E-state index in [1.165, 1.54) is 7.11 Å². The van der Waals surface area contributed by atoms with Crippen molar-refractivity contribution in [1.82, 2.24) is 4.90 Å². The van der Waals surface area contributed by atoms with Gasteiger partial charge in [0, 0.05) is 36.0 Å². The maximum Gasteiger partial charge on any atom is 0.384 e. The largest absolute Gasteiger partial charge is 0.493 e. The van der Waals surface area contributed by atoms with Crippen LogP contribution >= 0.6 is 12.2 Å². The molecule has 0 aromatic heterocycles. The topological polar surface area (TPSA) is 75.7 Å². The van der Waals surface area contributed by atoms with Crippen molar-refractivity contribution < 1.29 is 33.2 Å². The van der Waals surface area contributed by atoms with Crippen LogP contribution in [0.25, 0.3) is 0 Å². The fraction of sp³-hybridized carbons (Fsp3) is 0.739. The predicted octanol–water partition coefficient (Wildman–Crippen LogP) is 2.38. The number of piperidine rings is 1. The number of methoxy groups -OCH3 is 1. The molecule has 0 aromatic rings. The van der Waals surface area contributed by atoms with E-state index in [0.29, 0.717) is 5.57 Å². The fourth-order valence-electron chi connectivity index (χ4n) is 8.28. The van der Waals surface area contributed by atoms with Crippen molar-refractivity contribution in [2.45, 2.75) is 75.1 Å². The second kappa shape index (κ2) is 5.68. The number of hydrogen-bond acceptors (Lipinski definition) is 9. The highest BCUT2D eigenvalue weighted by molar-refractivity contribution is 7.79. The molecule has 0 radical (unpaired) electrons. The van der Waals surface area contributed by atoms with Crippen LogP contribution in [0.3, 0.4) is 0 Å². The molecule has 32 heavy (non-hydrogen) atoms. The Balaban J connectivity index is 1.41. The van der Waals surface area contributed by atoms with Gasteiger partial charge in [-0.15, -0.1) is 0 Å². The van der Waals surface area contributed by atoms with Crippen molar-refractivity contribution in [2.75, 3.05) is 13.7 Å². The third-order valence-corrected chi connectivity index (χ3v) is 9.32. The molecule has 7 aliphatic rings. The van der Waals surface area contributed by atoms with Crippen LogP contribution in [0.5, 0.6) is 0 Å². The summed E-state index contributed by atoms with van der Waals surface area (Å²) >= 11 is 5.35. The minimum atomic E-state index is -1.71. The molecule has 6 saturated heterocycles. The summed E-state index contributed by atoms with van der Waals surface area (Å²) in [6.45, 7) is 6.90. The summed E-state index contributed by atoms with van der Waals surface area (Å²) in [6, 6.07) is 0.284. The lowest BCUT2D eigenvalue weighted by atomic mass is 9.69. The molecule has 1 unspecified atom stereocenters. The van der Waals surface area contributed by atoms with Crippen LogP contribution < -0.4 is 0 Å². The van der Waals surface area contributed by atoms with E-state index in [9.17, 15) is 4.79 Å². The van der Waals surface area contributed by atoms with Crippen molar-refractivity contribution in [1.29, 1.82) is 0 Å². The monoisotopic (exact) mass is 461 g/mol. The van der Waals surface area contributed by atoms with Gasteiger partial charge in [0.15, 0.2) is 11.5 Å². The van der Waals surface area contributed by atoms with E-state index in [-0.39, 0.29) is 46.4 Å². The zero-order chi connectivity index (χ0) is 22.3. The van der Waals surface area contributed by atoms with Crippen LogP contribution in [0.4, 0.5) is 0 Å². The van der Waals surface area contributed by atoms with E-state index in [0.717, 1.165) is 25.8 Å². The minimum Gasteiger partial charge on any atom is -0.493 e. The third kappa shape index (κ3) is 1.71. The van der Waals surface area contributed by atoms with Gasteiger partial charge in [-0.25, -0.2) is 4.79 Å². The Bertz CT molecular complexity index is 1030. The van der Waals surface area contributed by atoms with Gasteiger partial charge in [-0.2, -0.15) is 0 Å². The van der Waals surface area contributed by atoms with Gasteiger partial charge in [0.05, 0.1) is 24.3 Å². The first-order valence-electron chi connectivity index (χ1n) is 11.5. The summed E-state index contributed by atoms with van der Waals surface area (Å²) in [5.74, 6) is -4.37. The van der Waals surface area contributed by atoms with E-state index in [4.69, 9.17) is 40.6 Å². The molecular weight excluding hydrogens is 434 g/mol. The van der Waals surface area contributed by atoms with Crippen LogP contribution in [0.1, 0.15) is 40.0 Å². The van der Waals surface area contributed by atoms with Gasteiger partial charge >= 0.3 is 22.8 Å². The molecule has 0 aromatic carbocycles. The quantitative estimate of drug-likeness (QED) is 0.358. The van der Waals surface area contributed by atoms with Crippen LogP contribution in [0, 0.1) is 17.8 Å². The van der Waals surface area contributed by atoms with Crippen molar-refractivity contribution in [2.24, 2.45) is 17.8 Å². The predicted molar refractivity (Wildman–Crippen MR) is 113 cm³/mol. The number of thiocarbonyl (C=S) groups is 1. The molecule has 0 saturated carbocycles. The van der Waals surface area contributed by atoms with Gasteiger partial charge in [-0.05, 0) is 32.7 Å². The zero-order valence-electron chi connectivity index (χ0n) is 18.6. The van der Waals surface area contributed by atoms with Gasteiger partial charge in [0.25, 0.3) is 0 Å². The molecule has 0 N–H and O–H groups in total. The summed E-state index contributed by atoms with van der Waals surface area (Å²) in [6.07, 6.45) is 7.57. The van der Waals surface area contributed by atoms with Crippen molar-refractivity contribution in [3.8, 4) is 0 Å². The highest BCUT2D eigenvalue weighted by Crippen LogP contribution is 2.75. The Morgan fingerprint density at radius 3 is 2.88 bits per heavy atom. The average molecular weight is 462 g/mol. The number of esters is 1. The first kappa shape index (κ1) is 19.8. The number of ether oxygens (including phenoxy) is 6. The summed E-state index contributed by atoms with van der Waals surface area (Å²) in [7, 11) is 1.49. The van der Waals surface area contributed by atoms with Gasteiger partial charge in [-0.3, -0.25) is 4.90 Å². The molecule has 7 rings (SSSR count). The molecule has 0 aliphatic carbocycles. The zero-order valence-corrected chi connectivity index (χ0v) is 19.4. The number of rotatable bonds is 3. The maximum atomic E-state index is 12.7. The Hall–Kier alpha value is -1.68. The lowest BCUT2D eigenvalue weighted by Crippen LogP contribution is -2.60. The van der Waals surface area contributed by atoms with E-state index in [2.05, 4.69) is 30.9 Å². The summed E-state index contributed by atoms with van der Waals surface area (Å²) < 4.78 is 37.4. The number of hydrogen-bond donors (Lipinski definition) is 0. The van der Waals surface area contributed by atoms with E-state index < -0.39 is 23.3 Å². The fourth-order valence-corrected chi connectivity index (χ4v) is 8.52. The van der Waals surface area contributed by atoms with Crippen molar-refractivity contribution in [3.05, 3.63) is 23.5 Å². The third-order valence-electron chi connectivity index (χ3n) is 9.15. The standard InChI is InChI=1S/C23H27NO7S/c1-5-6-8-20-14-7-9-24(20)13-10-15(20)27-21(14)16(13)12(3)22(31-21)23(30-19(32)29-22)17(26-4)11(2)18(25)28-23/h6,8,12-16H,5,7,9-10H2,1-4H3/b8-6+/t12-,13-,14-,15-,16+,20-,21+,22+,23+/m0/s1. The van der Waals surface area contributed by atoms with Gasteiger partial charge < -0.3 is 28.4 Å². The van der Waals surface area contributed by atoms with Crippen LogP contribution in [-0.4, -0.2) is 64.8 Å². The molecule has 8 nitrogen and oxygen atoms in total. The SMILES string of the molecule is CC/C=C/[C@@]12[C@@H]3C[C@H]4[C@H]5[C@H](C)[C@@]6(OC(=S)O[C@@]67OC(=O)C(C)=C7OC)O[C@]5(O3)[C@H]1CCN42. The molecule has 7 aliphatic heterocycles. The smallest absolute Gasteiger partial charge is 0.384 e. The molecule has 3 spiro atoms. The van der Waals surface area contributed by atoms with Crippen LogP contribution in [-0.2, 0) is 33.2 Å². The van der Waals surface area contributed by atoms with E-state index >= 15 is 0 Å².